The van der Waals surface area contributed by atoms with Crippen LogP contribution in [0.2, 0.25) is 0 Å². The predicted molar refractivity (Wildman–Crippen MR) is 48.5 cm³/mol. The Morgan fingerprint density at radius 3 is 2.83 bits per heavy atom. The molecule has 12 heavy (non-hydrogen) atoms. The van der Waals surface area contributed by atoms with Crippen LogP contribution in [0, 0.1) is 0 Å². The first kappa shape index (κ1) is 8.99. The number of pyridine rings is 1. The van der Waals surface area contributed by atoms with Crippen LogP contribution in [0.3, 0.4) is 0 Å². The first-order chi connectivity index (χ1) is 5.72. The topological polar surface area (TPSA) is 62.2 Å². The maximum Gasteiger partial charge on any atom is 0.410 e. The Morgan fingerprint density at radius 1 is 1.67 bits per heavy atom. The largest absolute Gasteiger partial charge is 0.465 e. The molecule has 0 aliphatic rings. The molecule has 2 N–H and O–H groups in total. The van der Waals surface area contributed by atoms with Crippen LogP contribution >= 0.6 is 15.9 Å². The average Bonchev–Trinajstić information content (AvgIpc) is 2.05. The standard InChI is InChI=1S/C7H7BrN2O2/c8-3-5-1-2-6(9-4-5)10-7(11)12/h1-2,4H,3H2,(H,9,10)(H,11,12). The van der Waals surface area contributed by atoms with E-state index in [1.165, 1.54) is 0 Å². The van der Waals surface area contributed by atoms with Crippen molar-refractivity contribution in [1.29, 1.82) is 0 Å². The van der Waals surface area contributed by atoms with Crippen LogP contribution in [0.4, 0.5) is 10.6 Å². The molecule has 0 aromatic carbocycles. The molecule has 64 valence electrons. The third-order valence-corrected chi connectivity index (χ3v) is 1.86. The van der Waals surface area contributed by atoms with Crippen LogP contribution in [0.25, 0.3) is 0 Å². The van der Waals surface area contributed by atoms with Crippen LogP contribution in [0.15, 0.2) is 18.3 Å². The molecule has 1 aromatic rings. The minimum atomic E-state index is -1.10. The van der Waals surface area contributed by atoms with E-state index < -0.39 is 6.09 Å². The Bertz CT molecular complexity index is 273. The van der Waals surface area contributed by atoms with E-state index in [2.05, 4.69) is 26.2 Å². The fraction of sp³-hybridized carbons (Fsp3) is 0.143. The lowest BCUT2D eigenvalue weighted by atomic mass is 10.3. The van der Waals surface area contributed by atoms with Gasteiger partial charge >= 0.3 is 6.09 Å². The van der Waals surface area contributed by atoms with Crippen molar-refractivity contribution in [3.63, 3.8) is 0 Å². The monoisotopic (exact) mass is 230 g/mol. The zero-order valence-corrected chi connectivity index (χ0v) is 7.71. The molecule has 0 aliphatic carbocycles. The zero-order chi connectivity index (χ0) is 8.97. The fourth-order valence-electron chi connectivity index (χ4n) is 0.687. The Kier molecular flexibility index (Phi) is 3.04. The number of hydrogen-bond donors (Lipinski definition) is 2. The third kappa shape index (κ3) is 2.50. The summed E-state index contributed by atoms with van der Waals surface area (Å²) >= 11 is 3.26. The van der Waals surface area contributed by atoms with Crippen LogP contribution < -0.4 is 5.32 Å². The molecule has 0 radical (unpaired) electrons. The smallest absolute Gasteiger partial charge is 0.410 e. The summed E-state index contributed by atoms with van der Waals surface area (Å²) in [7, 11) is 0. The van der Waals surface area contributed by atoms with Gasteiger partial charge in [0, 0.05) is 11.5 Å². The van der Waals surface area contributed by atoms with Crippen molar-refractivity contribution in [3.8, 4) is 0 Å². The fourth-order valence-corrected chi connectivity index (χ4v) is 1.02. The number of nitrogens with zero attached hydrogens (tertiary/aromatic N) is 1. The van der Waals surface area contributed by atoms with Crippen molar-refractivity contribution >= 4 is 27.8 Å². The number of alkyl halides is 1. The molecule has 1 amide bonds. The van der Waals surface area contributed by atoms with Crippen molar-refractivity contribution in [2.75, 3.05) is 5.32 Å². The van der Waals surface area contributed by atoms with Gasteiger partial charge in [0.05, 0.1) is 0 Å². The lowest BCUT2D eigenvalue weighted by molar-refractivity contribution is 0.209. The summed E-state index contributed by atoms with van der Waals surface area (Å²) in [6, 6.07) is 3.41. The summed E-state index contributed by atoms with van der Waals surface area (Å²) in [4.78, 5) is 14.0. The third-order valence-electron chi connectivity index (χ3n) is 1.21. The SMILES string of the molecule is O=C(O)Nc1ccc(CBr)cn1. The van der Waals surface area contributed by atoms with Crippen LogP contribution in [0.5, 0.6) is 0 Å². The second kappa shape index (κ2) is 4.06. The molecule has 0 aliphatic heterocycles. The van der Waals surface area contributed by atoms with E-state index in [0.717, 1.165) is 5.56 Å². The number of halogens is 1. The number of hydrogen-bond acceptors (Lipinski definition) is 2. The lowest BCUT2D eigenvalue weighted by Crippen LogP contribution is -2.08. The number of aromatic nitrogens is 1. The molecule has 0 atom stereocenters. The molecule has 0 saturated carbocycles. The van der Waals surface area contributed by atoms with E-state index in [0.29, 0.717) is 11.1 Å². The average molecular weight is 231 g/mol. The van der Waals surface area contributed by atoms with Gasteiger partial charge < -0.3 is 5.11 Å². The molecule has 4 nitrogen and oxygen atoms in total. The van der Waals surface area contributed by atoms with E-state index in [9.17, 15) is 4.79 Å². The predicted octanol–water partition coefficient (Wildman–Crippen LogP) is 2.07. The summed E-state index contributed by atoms with van der Waals surface area (Å²) in [6.45, 7) is 0. The Morgan fingerprint density at radius 2 is 2.42 bits per heavy atom. The summed E-state index contributed by atoms with van der Waals surface area (Å²) in [5.41, 5.74) is 1.01. The number of nitrogens with one attached hydrogen (secondary N) is 1. The van der Waals surface area contributed by atoms with Gasteiger partial charge in [-0.05, 0) is 11.6 Å². The summed E-state index contributed by atoms with van der Waals surface area (Å²) in [5.74, 6) is 0.340. The molecule has 1 heterocycles. The highest BCUT2D eigenvalue weighted by Crippen LogP contribution is 2.07. The van der Waals surface area contributed by atoms with E-state index in [1.807, 2.05) is 0 Å². The van der Waals surface area contributed by atoms with Crippen molar-refractivity contribution in [1.82, 2.24) is 4.98 Å². The maximum absolute atomic E-state index is 10.2. The highest BCUT2D eigenvalue weighted by molar-refractivity contribution is 9.08. The molecule has 1 rings (SSSR count). The van der Waals surface area contributed by atoms with Gasteiger partial charge in [0.2, 0.25) is 0 Å². The highest BCUT2D eigenvalue weighted by atomic mass is 79.9. The molecule has 5 heteroatoms. The van der Waals surface area contributed by atoms with Crippen LogP contribution in [0.1, 0.15) is 5.56 Å². The lowest BCUT2D eigenvalue weighted by Gasteiger charge is -1.99. The molecule has 0 unspecified atom stereocenters. The molecule has 0 spiro atoms. The Hall–Kier alpha value is -1.10. The summed E-state index contributed by atoms with van der Waals surface area (Å²) in [5, 5.41) is 11.2. The molecular formula is C7H7BrN2O2. The second-order valence-electron chi connectivity index (χ2n) is 2.12. The van der Waals surface area contributed by atoms with E-state index >= 15 is 0 Å². The van der Waals surface area contributed by atoms with Gasteiger partial charge in [-0.2, -0.15) is 0 Å². The van der Waals surface area contributed by atoms with E-state index in [1.54, 1.807) is 18.3 Å². The molecule has 0 fully saturated rings. The highest BCUT2D eigenvalue weighted by Gasteiger charge is 1.97. The molecule has 0 bridgehead atoms. The second-order valence-corrected chi connectivity index (χ2v) is 2.68. The van der Waals surface area contributed by atoms with Gasteiger partial charge in [0.15, 0.2) is 0 Å². The molecular weight excluding hydrogens is 224 g/mol. The number of anilines is 1. The zero-order valence-electron chi connectivity index (χ0n) is 6.12. The van der Waals surface area contributed by atoms with Gasteiger partial charge in [-0.3, -0.25) is 5.32 Å². The van der Waals surface area contributed by atoms with Gasteiger partial charge in [-0.1, -0.05) is 22.0 Å². The summed E-state index contributed by atoms with van der Waals surface area (Å²) < 4.78 is 0. The quantitative estimate of drug-likeness (QED) is 0.765. The Labute approximate surface area is 77.8 Å². The number of rotatable bonds is 2. The van der Waals surface area contributed by atoms with Crippen LogP contribution in [-0.2, 0) is 5.33 Å². The number of carbonyl (C=O) groups is 1. The van der Waals surface area contributed by atoms with Gasteiger partial charge in [-0.25, -0.2) is 9.78 Å². The molecule has 0 saturated heterocycles. The minimum absolute atomic E-state index is 0.340. The summed E-state index contributed by atoms with van der Waals surface area (Å²) in [6.07, 6.45) is 0.508. The Balaban J connectivity index is 2.71. The minimum Gasteiger partial charge on any atom is -0.465 e. The van der Waals surface area contributed by atoms with Crippen molar-refractivity contribution < 1.29 is 9.90 Å². The van der Waals surface area contributed by atoms with Gasteiger partial charge in [-0.15, -0.1) is 0 Å². The van der Waals surface area contributed by atoms with Crippen molar-refractivity contribution in [3.05, 3.63) is 23.9 Å². The van der Waals surface area contributed by atoms with Crippen LogP contribution in [-0.4, -0.2) is 16.2 Å². The first-order valence-corrected chi connectivity index (χ1v) is 4.35. The van der Waals surface area contributed by atoms with Crippen molar-refractivity contribution in [2.45, 2.75) is 5.33 Å². The maximum atomic E-state index is 10.2. The van der Waals surface area contributed by atoms with E-state index in [4.69, 9.17) is 5.11 Å². The normalized spacial score (nSPS) is 9.42. The number of carboxylic acid groups (broad SMARTS) is 1. The molecule has 1 aromatic heterocycles. The van der Waals surface area contributed by atoms with Gasteiger partial charge in [0.1, 0.15) is 5.82 Å². The number of amides is 1. The van der Waals surface area contributed by atoms with E-state index in [-0.39, 0.29) is 0 Å². The van der Waals surface area contributed by atoms with Crippen molar-refractivity contribution in [2.24, 2.45) is 0 Å². The first-order valence-electron chi connectivity index (χ1n) is 3.23. The van der Waals surface area contributed by atoms with Gasteiger partial charge in [0.25, 0.3) is 0 Å².